The summed E-state index contributed by atoms with van der Waals surface area (Å²) in [5.41, 5.74) is 4.76. The summed E-state index contributed by atoms with van der Waals surface area (Å²) in [7, 11) is 0. The van der Waals surface area contributed by atoms with Crippen molar-refractivity contribution in [2.24, 2.45) is 0 Å². The van der Waals surface area contributed by atoms with Crippen molar-refractivity contribution in [3.8, 4) is 0 Å². The van der Waals surface area contributed by atoms with Crippen LogP contribution in [-0.2, 0) is 16.0 Å². The Morgan fingerprint density at radius 1 is 1.41 bits per heavy atom. The largest absolute Gasteiger partial charge is 0.300 e. The number of rotatable bonds is 3. The van der Waals surface area contributed by atoms with Gasteiger partial charge in [-0.05, 0) is 31.5 Å². The van der Waals surface area contributed by atoms with E-state index in [0.717, 1.165) is 11.3 Å². The van der Waals surface area contributed by atoms with Crippen molar-refractivity contribution in [1.29, 1.82) is 0 Å². The van der Waals surface area contributed by atoms with Gasteiger partial charge < -0.3 is 0 Å². The van der Waals surface area contributed by atoms with Crippen LogP contribution in [-0.4, -0.2) is 17.7 Å². The van der Waals surface area contributed by atoms with Gasteiger partial charge in [-0.25, -0.2) is 0 Å². The van der Waals surface area contributed by atoms with Gasteiger partial charge in [0.2, 0.25) is 5.91 Å². The summed E-state index contributed by atoms with van der Waals surface area (Å²) < 4.78 is 0. The summed E-state index contributed by atoms with van der Waals surface area (Å²) in [5.74, 6) is 0.200. The minimum atomic E-state index is 0.0466. The normalized spacial score (nSPS) is 19.3. The highest BCUT2D eigenvalue weighted by Crippen LogP contribution is 2.21. The van der Waals surface area contributed by atoms with E-state index in [1.54, 1.807) is 6.92 Å². The molecule has 1 unspecified atom stereocenters. The van der Waals surface area contributed by atoms with Crippen LogP contribution in [0.2, 0.25) is 0 Å². The van der Waals surface area contributed by atoms with Crippen LogP contribution < -0.4 is 10.4 Å². The number of Topliss-reactive ketones (excluding diaryl/α,β-unsaturated/α-hetero) is 1. The molecule has 1 amide bonds. The van der Waals surface area contributed by atoms with Crippen LogP contribution in [0.15, 0.2) is 24.3 Å². The maximum Gasteiger partial charge on any atom is 0.240 e. The lowest BCUT2D eigenvalue weighted by Gasteiger charge is -2.22. The van der Waals surface area contributed by atoms with Crippen molar-refractivity contribution < 1.29 is 9.59 Å². The van der Waals surface area contributed by atoms with Crippen LogP contribution in [0.5, 0.6) is 0 Å². The molecule has 0 aromatic heterocycles. The average Bonchev–Trinajstić information content (AvgIpc) is 2.58. The fourth-order valence-electron chi connectivity index (χ4n) is 2.03. The zero-order valence-corrected chi connectivity index (χ0v) is 10.1. The molecule has 1 aliphatic rings. The molecule has 0 saturated carbocycles. The summed E-state index contributed by atoms with van der Waals surface area (Å²) in [4.78, 5) is 22.2. The fourth-order valence-corrected chi connectivity index (χ4v) is 2.03. The summed E-state index contributed by atoms with van der Waals surface area (Å²) in [6.45, 7) is 3.58. The number of hydrazine groups is 1. The highest BCUT2D eigenvalue weighted by molar-refractivity contribution is 5.82. The van der Waals surface area contributed by atoms with Gasteiger partial charge in [-0.1, -0.05) is 12.1 Å². The van der Waals surface area contributed by atoms with Crippen molar-refractivity contribution in [2.75, 3.05) is 5.01 Å². The number of carbonyl (C=O) groups excluding carboxylic acids is 2. The SMILES string of the molecule is CC(=O)Cc1ccc(N2NC(=O)CC2C)cc1. The number of hydrogen-bond donors (Lipinski definition) is 1. The summed E-state index contributed by atoms with van der Waals surface area (Å²) >= 11 is 0. The van der Waals surface area contributed by atoms with Crippen molar-refractivity contribution >= 4 is 17.4 Å². The van der Waals surface area contributed by atoms with Crippen molar-refractivity contribution in [2.45, 2.75) is 32.7 Å². The molecule has 1 aliphatic heterocycles. The molecule has 17 heavy (non-hydrogen) atoms. The highest BCUT2D eigenvalue weighted by atomic mass is 16.2. The van der Waals surface area contributed by atoms with Gasteiger partial charge in [0.15, 0.2) is 0 Å². The molecule has 1 saturated heterocycles. The molecule has 2 rings (SSSR count). The third kappa shape index (κ3) is 2.64. The number of benzene rings is 1. The van der Waals surface area contributed by atoms with E-state index in [9.17, 15) is 9.59 Å². The van der Waals surface area contributed by atoms with Gasteiger partial charge in [-0.15, -0.1) is 0 Å². The lowest BCUT2D eigenvalue weighted by atomic mass is 10.1. The summed E-state index contributed by atoms with van der Waals surface area (Å²) in [6.07, 6.45) is 0.984. The van der Waals surface area contributed by atoms with Gasteiger partial charge in [0, 0.05) is 6.42 Å². The molecule has 1 fully saturated rings. The second kappa shape index (κ2) is 4.57. The van der Waals surface area contributed by atoms with Gasteiger partial charge in [-0.3, -0.25) is 20.0 Å². The smallest absolute Gasteiger partial charge is 0.240 e. The highest BCUT2D eigenvalue weighted by Gasteiger charge is 2.26. The third-order valence-electron chi connectivity index (χ3n) is 2.83. The van der Waals surface area contributed by atoms with E-state index in [1.807, 2.05) is 36.2 Å². The molecule has 0 bridgehead atoms. The molecule has 1 atom stereocenters. The van der Waals surface area contributed by atoms with Gasteiger partial charge in [-0.2, -0.15) is 0 Å². The van der Waals surface area contributed by atoms with Crippen molar-refractivity contribution in [3.63, 3.8) is 0 Å². The first-order valence-electron chi connectivity index (χ1n) is 5.73. The average molecular weight is 232 g/mol. The van der Waals surface area contributed by atoms with E-state index in [-0.39, 0.29) is 17.7 Å². The van der Waals surface area contributed by atoms with Crippen molar-refractivity contribution in [1.82, 2.24) is 5.43 Å². The standard InChI is InChI=1S/C13H16N2O2/c1-9-7-13(17)14-15(9)12-5-3-11(4-6-12)8-10(2)16/h3-6,9H,7-8H2,1-2H3,(H,14,17). The van der Waals surface area contributed by atoms with E-state index in [2.05, 4.69) is 5.43 Å². The quantitative estimate of drug-likeness (QED) is 0.858. The first-order valence-corrected chi connectivity index (χ1v) is 5.73. The molecule has 1 aromatic carbocycles. The zero-order chi connectivity index (χ0) is 12.4. The van der Waals surface area contributed by atoms with Crippen LogP contribution in [0.3, 0.4) is 0 Å². The van der Waals surface area contributed by atoms with E-state index in [0.29, 0.717) is 12.8 Å². The third-order valence-corrected chi connectivity index (χ3v) is 2.83. The second-order valence-corrected chi connectivity index (χ2v) is 4.50. The monoisotopic (exact) mass is 232 g/mol. The molecular formula is C13H16N2O2. The lowest BCUT2D eigenvalue weighted by molar-refractivity contribution is -0.119. The van der Waals surface area contributed by atoms with E-state index < -0.39 is 0 Å². The Kier molecular flexibility index (Phi) is 3.13. The fraction of sp³-hybridized carbons (Fsp3) is 0.385. The van der Waals surface area contributed by atoms with E-state index >= 15 is 0 Å². The predicted octanol–water partition coefficient (Wildman–Crippen LogP) is 1.45. The van der Waals surface area contributed by atoms with Gasteiger partial charge >= 0.3 is 0 Å². The number of amides is 1. The molecule has 1 N–H and O–H groups in total. The molecule has 1 heterocycles. The minimum Gasteiger partial charge on any atom is -0.300 e. The van der Waals surface area contributed by atoms with Crippen LogP contribution >= 0.6 is 0 Å². The van der Waals surface area contributed by atoms with Crippen LogP contribution in [0.4, 0.5) is 5.69 Å². The lowest BCUT2D eigenvalue weighted by Crippen LogP contribution is -2.36. The molecular weight excluding hydrogens is 216 g/mol. The molecule has 4 nitrogen and oxygen atoms in total. The zero-order valence-electron chi connectivity index (χ0n) is 10.1. The molecule has 1 aromatic rings. The molecule has 90 valence electrons. The van der Waals surface area contributed by atoms with Gasteiger partial charge in [0.05, 0.1) is 18.2 Å². The number of carbonyl (C=O) groups is 2. The number of ketones is 1. The number of anilines is 1. The number of nitrogens with one attached hydrogen (secondary N) is 1. The Bertz CT molecular complexity index is 439. The number of hydrogen-bond acceptors (Lipinski definition) is 3. The Labute approximate surface area is 101 Å². The molecule has 4 heteroatoms. The topological polar surface area (TPSA) is 49.4 Å². The second-order valence-electron chi connectivity index (χ2n) is 4.50. The molecule has 0 aliphatic carbocycles. The van der Waals surface area contributed by atoms with E-state index in [4.69, 9.17) is 0 Å². The van der Waals surface area contributed by atoms with E-state index in [1.165, 1.54) is 0 Å². The summed E-state index contributed by atoms with van der Waals surface area (Å²) in [5, 5.41) is 1.86. The Hall–Kier alpha value is -1.84. The molecule has 0 spiro atoms. The molecule has 0 radical (unpaired) electrons. The predicted molar refractivity (Wildman–Crippen MR) is 65.5 cm³/mol. The number of nitrogens with zero attached hydrogens (tertiary/aromatic N) is 1. The maximum absolute atomic E-state index is 11.3. The van der Waals surface area contributed by atoms with Crippen molar-refractivity contribution in [3.05, 3.63) is 29.8 Å². The Morgan fingerprint density at radius 3 is 2.53 bits per heavy atom. The van der Waals surface area contributed by atoms with Crippen LogP contribution in [0.25, 0.3) is 0 Å². The van der Waals surface area contributed by atoms with Crippen LogP contribution in [0.1, 0.15) is 25.8 Å². The van der Waals surface area contributed by atoms with Gasteiger partial charge in [0.25, 0.3) is 0 Å². The van der Waals surface area contributed by atoms with Crippen LogP contribution in [0, 0.1) is 0 Å². The summed E-state index contributed by atoms with van der Waals surface area (Å²) in [6, 6.07) is 7.88. The Balaban J connectivity index is 2.12. The Morgan fingerprint density at radius 2 is 2.06 bits per heavy atom. The van der Waals surface area contributed by atoms with Gasteiger partial charge in [0.1, 0.15) is 5.78 Å². The maximum atomic E-state index is 11.3. The first kappa shape index (κ1) is 11.6. The first-order chi connectivity index (χ1) is 8.06. The minimum absolute atomic E-state index is 0.0466.